The van der Waals surface area contributed by atoms with Crippen LogP contribution in [0, 0.1) is 0 Å². The summed E-state index contributed by atoms with van der Waals surface area (Å²) in [5.74, 6) is 0. The van der Waals surface area contributed by atoms with Gasteiger partial charge in [-0.15, -0.1) is 37.2 Å². The van der Waals surface area contributed by atoms with Crippen molar-refractivity contribution >= 4 is 58.0 Å². The minimum Gasteiger partial charge on any atom is -0.315 e. The van der Waals surface area contributed by atoms with Crippen molar-refractivity contribution in [3.05, 3.63) is 72.6 Å². The predicted octanol–water partition coefficient (Wildman–Crippen LogP) is 4.27. The van der Waals surface area contributed by atoms with E-state index in [4.69, 9.17) is 0 Å². The first kappa shape index (κ1) is 32.5. The van der Waals surface area contributed by atoms with E-state index in [2.05, 4.69) is 22.4 Å². The Morgan fingerprint density at radius 2 is 1.65 bits per heavy atom. The first-order chi connectivity index (χ1) is 14.9. The Bertz CT molecular complexity index is 1090. The summed E-state index contributed by atoms with van der Waals surface area (Å²) in [5.41, 5.74) is 1.27. The van der Waals surface area contributed by atoms with Crippen LogP contribution in [0.25, 0.3) is 10.8 Å². The largest absolute Gasteiger partial charge is 0.315 e. The van der Waals surface area contributed by atoms with Crippen molar-refractivity contribution in [3.8, 4) is 0 Å². The van der Waals surface area contributed by atoms with E-state index in [0.29, 0.717) is 24.5 Å². The summed E-state index contributed by atoms with van der Waals surface area (Å²) in [6.07, 6.45) is 4.34. The topological polar surface area (TPSA) is 65.5 Å². The minimum absolute atomic E-state index is 0. The number of aromatic nitrogens is 1. The Labute approximate surface area is 222 Å². The average Bonchev–Trinajstić information content (AvgIpc) is 2.77. The van der Waals surface area contributed by atoms with Crippen molar-refractivity contribution in [1.82, 2.24) is 19.5 Å². The second kappa shape index (κ2) is 15.5. The van der Waals surface area contributed by atoms with Gasteiger partial charge in [-0.3, -0.25) is 4.98 Å². The van der Waals surface area contributed by atoms with Crippen LogP contribution >= 0.6 is 37.2 Å². The first-order valence-corrected chi connectivity index (χ1v) is 12.1. The quantitative estimate of drug-likeness (QED) is 0.362. The molecule has 0 bridgehead atoms. The number of fused-ring (bicyclic) bond motifs is 1. The maximum atomic E-state index is 13.5. The standard InChI is InChI=1S/C24H32N4O2S.3ClH/c1-20(18-25-13-11-21-7-5-4-6-8-21)28(16-15-27(2)3)31(29,30)24-10-9-23-19-26-14-12-22(23)17-24;;;/h4-10,12,14,17,19-20,25H,11,13,15-16,18H2,1-3H3;3*1H. The van der Waals surface area contributed by atoms with Crippen LogP contribution in [0.5, 0.6) is 0 Å². The van der Waals surface area contributed by atoms with E-state index in [-0.39, 0.29) is 43.3 Å². The van der Waals surface area contributed by atoms with Gasteiger partial charge in [-0.1, -0.05) is 36.4 Å². The molecule has 3 aromatic rings. The molecule has 0 fully saturated rings. The van der Waals surface area contributed by atoms with Crippen LogP contribution in [-0.2, 0) is 16.4 Å². The number of sulfonamides is 1. The Kier molecular flexibility index (Phi) is 14.9. The van der Waals surface area contributed by atoms with Gasteiger partial charge in [0.05, 0.1) is 4.90 Å². The molecule has 190 valence electrons. The lowest BCUT2D eigenvalue weighted by molar-refractivity contribution is 0.285. The van der Waals surface area contributed by atoms with Crippen LogP contribution in [0.15, 0.2) is 71.9 Å². The van der Waals surface area contributed by atoms with Crippen molar-refractivity contribution in [2.45, 2.75) is 24.3 Å². The molecule has 0 aliphatic rings. The Balaban J connectivity index is 0.00000363. The van der Waals surface area contributed by atoms with Gasteiger partial charge < -0.3 is 10.2 Å². The predicted molar refractivity (Wildman–Crippen MR) is 148 cm³/mol. The maximum absolute atomic E-state index is 13.5. The number of halogens is 3. The first-order valence-electron chi connectivity index (χ1n) is 10.6. The monoisotopic (exact) mass is 548 g/mol. The molecule has 6 nitrogen and oxygen atoms in total. The van der Waals surface area contributed by atoms with Gasteiger partial charge in [0, 0.05) is 43.5 Å². The molecule has 1 aromatic heterocycles. The third kappa shape index (κ3) is 8.96. The van der Waals surface area contributed by atoms with Crippen molar-refractivity contribution in [2.24, 2.45) is 0 Å². The second-order valence-corrected chi connectivity index (χ2v) is 9.98. The zero-order chi connectivity index (χ0) is 22.3. The van der Waals surface area contributed by atoms with Crippen molar-refractivity contribution in [1.29, 1.82) is 0 Å². The average molecular weight is 550 g/mol. The molecule has 10 heteroatoms. The molecule has 0 radical (unpaired) electrons. The molecule has 0 aliphatic carbocycles. The zero-order valence-corrected chi connectivity index (χ0v) is 23.0. The number of nitrogens with one attached hydrogen (secondary N) is 1. The van der Waals surface area contributed by atoms with Gasteiger partial charge in [0.2, 0.25) is 10.0 Å². The van der Waals surface area contributed by atoms with Gasteiger partial charge in [0.1, 0.15) is 0 Å². The van der Waals surface area contributed by atoms with Crippen LogP contribution in [0.2, 0.25) is 0 Å². The van der Waals surface area contributed by atoms with Crippen LogP contribution in [-0.4, -0.2) is 68.9 Å². The highest BCUT2D eigenvalue weighted by Gasteiger charge is 2.29. The van der Waals surface area contributed by atoms with Gasteiger partial charge in [-0.05, 0) is 63.1 Å². The Morgan fingerprint density at radius 1 is 0.941 bits per heavy atom. The van der Waals surface area contributed by atoms with Gasteiger partial charge in [0.25, 0.3) is 0 Å². The molecule has 1 atom stereocenters. The molecule has 3 rings (SSSR count). The molecule has 1 heterocycles. The van der Waals surface area contributed by atoms with E-state index < -0.39 is 10.0 Å². The van der Waals surface area contributed by atoms with Crippen molar-refractivity contribution in [3.63, 3.8) is 0 Å². The lowest BCUT2D eigenvalue weighted by atomic mass is 10.1. The van der Waals surface area contributed by atoms with E-state index in [1.807, 2.05) is 56.3 Å². The third-order valence-corrected chi connectivity index (χ3v) is 7.36. The van der Waals surface area contributed by atoms with Crippen molar-refractivity contribution < 1.29 is 8.42 Å². The van der Waals surface area contributed by atoms with E-state index in [1.54, 1.807) is 28.8 Å². The van der Waals surface area contributed by atoms with Gasteiger partial charge in [-0.2, -0.15) is 4.31 Å². The fourth-order valence-corrected chi connectivity index (χ4v) is 5.18. The maximum Gasteiger partial charge on any atom is 0.243 e. The Hall–Kier alpha value is -1.45. The van der Waals surface area contributed by atoms with Gasteiger partial charge >= 0.3 is 0 Å². The molecule has 2 aromatic carbocycles. The lowest BCUT2D eigenvalue weighted by Crippen LogP contribution is -2.46. The molecule has 1 unspecified atom stereocenters. The summed E-state index contributed by atoms with van der Waals surface area (Å²) in [7, 11) is 0.279. The number of likely N-dealkylation sites (N-methyl/N-ethyl adjacent to an activating group) is 1. The molecular weight excluding hydrogens is 515 g/mol. The smallest absolute Gasteiger partial charge is 0.243 e. The van der Waals surface area contributed by atoms with Gasteiger partial charge in [0.15, 0.2) is 0 Å². The summed E-state index contributed by atoms with van der Waals surface area (Å²) in [6, 6.07) is 17.2. The summed E-state index contributed by atoms with van der Waals surface area (Å²) < 4.78 is 28.7. The summed E-state index contributed by atoms with van der Waals surface area (Å²) in [6.45, 7) is 4.46. The summed E-state index contributed by atoms with van der Waals surface area (Å²) in [4.78, 5) is 6.43. The van der Waals surface area contributed by atoms with E-state index >= 15 is 0 Å². The van der Waals surface area contributed by atoms with Gasteiger partial charge in [-0.25, -0.2) is 8.42 Å². The fourth-order valence-electron chi connectivity index (χ4n) is 3.52. The van der Waals surface area contributed by atoms with E-state index in [1.165, 1.54) is 5.56 Å². The number of benzene rings is 2. The van der Waals surface area contributed by atoms with E-state index in [9.17, 15) is 8.42 Å². The van der Waals surface area contributed by atoms with Crippen LogP contribution in [0.3, 0.4) is 0 Å². The zero-order valence-electron chi connectivity index (χ0n) is 19.8. The van der Waals surface area contributed by atoms with E-state index in [0.717, 1.165) is 23.7 Å². The molecule has 0 amide bonds. The molecular formula is C24H35Cl3N4O2S. The number of nitrogens with zero attached hydrogens (tertiary/aromatic N) is 3. The molecule has 0 saturated carbocycles. The van der Waals surface area contributed by atoms with Crippen LogP contribution < -0.4 is 5.32 Å². The SMILES string of the molecule is CC(CNCCc1ccccc1)N(CCN(C)C)S(=O)(=O)c1ccc2cnccc2c1.Cl.Cl.Cl. The highest BCUT2D eigenvalue weighted by Crippen LogP contribution is 2.22. The molecule has 1 N–H and O–H groups in total. The molecule has 0 aliphatic heterocycles. The second-order valence-electron chi connectivity index (χ2n) is 8.09. The normalized spacial score (nSPS) is 12.0. The number of hydrogen-bond donors (Lipinski definition) is 1. The number of rotatable bonds is 11. The minimum atomic E-state index is -3.63. The number of hydrogen-bond acceptors (Lipinski definition) is 5. The number of pyridine rings is 1. The Morgan fingerprint density at radius 3 is 2.32 bits per heavy atom. The highest BCUT2D eigenvalue weighted by atomic mass is 35.5. The van der Waals surface area contributed by atoms with Crippen LogP contribution in [0.4, 0.5) is 0 Å². The molecule has 0 spiro atoms. The highest BCUT2D eigenvalue weighted by molar-refractivity contribution is 7.89. The van der Waals surface area contributed by atoms with Crippen LogP contribution in [0.1, 0.15) is 12.5 Å². The van der Waals surface area contributed by atoms with Crippen molar-refractivity contribution in [2.75, 3.05) is 40.3 Å². The molecule has 0 saturated heterocycles. The summed E-state index contributed by atoms with van der Waals surface area (Å²) >= 11 is 0. The summed E-state index contributed by atoms with van der Waals surface area (Å²) in [5, 5.41) is 5.23. The third-order valence-electron chi connectivity index (χ3n) is 5.35. The molecule has 34 heavy (non-hydrogen) atoms. The lowest BCUT2D eigenvalue weighted by Gasteiger charge is -2.30. The fraction of sp³-hybridized carbons (Fsp3) is 0.375.